The lowest BCUT2D eigenvalue weighted by Crippen LogP contribution is -2.23. The molecule has 0 radical (unpaired) electrons. The van der Waals surface area contributed by atoms with Crippen molar-refractivity contribution in [2.75, 3.05) is 6.61 Å². The second kappa shape index (κ2) is 5.65. The molecule has 1 heterocycles. The van der Waals surface area contributed by atoms with Gasteiger partial charge in [0.25, 0.3) is 0 Å². The van der Waals surface area contributed by atoms with E-state index in [0.717, 1.165) is 6.42 Å². The highest BCUT2D eigenvalue weighted by atomic mass is 32.1. The Kier molecular flexibility index (Phi) is 4.46. The second-order valence-corrected chi connectivity index (χ2v) is 3.80. The zero-order valence-corrected chi connectivity index (χ0v) is 9.32. The molecule has 3 nitrogen and oxygen atoms in total. The minimum atomic E-state index is -0.344. The minimum absolute atomic E-state index is 0.344. The van der Waals surface area contributed by atoms with Crippen molar-refractivity contribution in [2.24, 2.45) is 0 Å². The fourth-order valence-electron chi connectivity index (χ4n) is 1.17. The maximum atomic E-state index is 11.0. The Labute approximate surface area is 88.1 Å². The van der Waals surface area contributed by atoms with Gasteiger partial charge in [-0.15, -0.1) is 11.3 Å². The Bertz CT molecular complexity index is 296. The highest BCUT2D eigenvalue weighted by molar-refractivity contribution is 7.10. The number of alkyl carbamates (subject to hydrolysis) is 1. The molecule has 0 saturated carbocycles. The molecule has 0 atom stereocenters. The number of hydrogen-bond acceptors (Lipinski definition) is 3. The summed E-state index contributed by atoms with van der Waals surface area (Å²) in [7, 11) is 0. The van der Waals surface area contributed by atoms with Gasteiger partial charge in [0.15, 0.2) is 0 Å². The van der Waals surface area contributed by atoms with Crippen LogP contribution in [0.1, 0.15) is 24.3 Å². The summed E-state index contributed by atoms with van der Waals surface area (Å²) in [6, 6.07) is 2.09. The molecule has 0 aliphatic carbocycles. The van der Waals surface area contributed by atoms with Crippen LogP contribution in [0.4, 0.5) is 4.79 Å². The van der Waals surface area contributed by atoms with Crippen molar-refractivity contribution in [3.8, 4) is 0 Å². The van der Waals surface area contributed by atoms with Gasteiger partial charge in [-0.25, -0.2) is 4.79 Å². The third-order valence-electron chi connectivity index (χ3n) is 1.89. The minimum Gasteiger partial charge on any atom is -0.450 e. The fourth-order valence-corrected chi connectivity index (χ4v) is 2.09. The first kappa shape index (κ1) is 11.0. The van der Waals surface area contributed by atoms with E-state index in [1.165, 1.54) is 10.4 Å². The van der Waals surface area contributed by atoms with Crippen LogP contribution in [0, 0.1) is 0 Å². The van der Waals surface area contributed by atoms with Gasteiger partial charge in [-0.1, -0.05) is 6.92 Å². The summed E-state index contributed by atoms with van der Waals surface area (Å²) >= 11 is 1.66. The summed E-state index contributed by atoms with van der Waals surface area (Å²) in [5.41, 5.74) is 1.30. The van der Waals surface area contributed by atoms with Crippen molar-refractivity contribution >= 4 is 17.4 Å². The molecule has 0 spiro atoms. The van der Waals surface area contributed by atoms with Crippen LogP contribution in [-0.4, -0.2) is 12.7 Å². The Balaban J connectivity index is 2.41. The van der Waals surface area contributed by atoms with Gasteiger partial charge in [0, 0.05) is 4.88 Å². The molecule has 0 aromatic carbocycles. The number of aryl methyl sites for hydroxylation is 1. The number of thiophene rings is 1. The molecular formula is C10H15NO2S. The monoisotopic (exact) mass is 213 g/mol. The highest BCUT2D eigenvalue weighted by Gasteiger charge is 2.04. The van der Waals surface area contributed by atoms with Crippen LogP contribution in [0.15, 0.2) is 11.4 Å². The molecule has 1 N–H and O–H groups in total. The summed E-state index contributed by atoms with van der Waals surface area (Å²) in [5.74, 6) is 0. The van der Waals surface area contributed by atoms with Crippen LogP contribution in [-0.2, 0) is 17.7 Å². The molecule has 1 aromatic heterocycles. The van der Waals surface area contributed by atoms with Gasteiger partial charge in [0.2, 0.25) is 0 Å². The third kappa shape index (κ3) is 3.03. The molecule has 0 aliphatic rings. The summed E-state index contributed by atoms with van der Waals surface area (Å²) < 4.78 is 4.77. The van der Waals surface area contributed by atoms with E-state index in [4.69, 9.17) is 4.74 Å². The third-order valence-corrected chi connectivity index (χ3v) is 2.85. The van der Waals surface area contributed by atoms with Gasteiger partial charge in [0.1, 0.15) is 0 Å². The van der Waals surface area contributed by atoms with Gasteiger partial charge in [-0.2, -0.15) is 0 Å². The SMILES string of the molecule is CCOC(=O)NCc1sccc1CC. The van der Waals surface area contributed by atoms with Gasteiger partial charge >= 0.3 is 6.09 Å². The number of carbonyl (C=O) groups excluding carboxylic acids is 1. The molecule has 0 unspecified atom stereocenters. The number of ether oxygens (including phenoxy) is 1. The number of hydrogen-bond donors (Lipinski definition) is 1. The molecule has 4 heteroatoms. The van der Waals surface area contributed by atoms with E-state index < -0.39 is 0 Å². The number of carbonyl (C=O) groups is 1. The Morgan fingerprint density at radius 3 is 3.00 bits per heavy atom. The summed E-state index contributed by atoms with van der Waals surface area (Å²) in [4.78, 5) is 12.2. The van der Waals surface area contributed by atoms with E-state index in [1.807, 2.05) is 5.38 Å². The average molecular weight is 213 g/mol. The van der Waals surface area contributed by atoms with Crippen LogP contribution >= 0.6 is 11.3 Å². The van der Waals surface area contributed by atoms with Crippen LogP contribution < -0.4 is 5.32 Å². The predicted molar refractivity (Wildman–Crippen MR) is 57.6 cm³/mol. The first-order valence-corrected chi connectivity index (χ1v) is 5.61. The van der Waals surface area contributed by atoms with Crippen LogP contribution in [0.3, 0.4) is 0 Å². The van der Waals surface area contributed by atoms with E-state index in [9.17, 15) is 4.79 Å². The zero-order valence-electron chi connectivity index (χ0n) is 8.50. The van der Waals surface area contributed by atoms with E-state index in [1.54, 1.807) is 18.3 Å². The maximum absolute atomic E-state index is 11.0. The molecule has 78 valence electrons. The molecule has 1 aromatic rings. The molecule has 1 amide bonds. The van der Waals surface area contributed by atoms with Gasteiger partial charge in [-0.3, -0.25) is 0 Å². The quantitative estimate of drug-likeness (QED) is 0.834. The topological polar surface area (TPSA) is 38.3 Å². The van der Waals surface area contributed by atoms with Gasteiger partial charge in [0.05, 0.1) is 13.2 Å². The van der Waals surface area contributed by atoms with Crippen LogP contribution in [0.2, 0.25) is 0 Å². The van der Waals surface area contributed by atoms with Crippen molar-refractivity contribution in [3.05, 3.63) is 21.9 Å². The van der Waals surface area contributed by atoms with E-state index >= 15 is 0 Å². The molecule has 14 heavy (non-hydrogen) atoms. The number of nitrogens with one attached hydrogen (secondary N) is 1. The lowest BCUT2D eigenvalue weighted by molar-refractivity contribution is 0.151. The smallest absolute Gasteiger partial charge is 0.407 e. The standard InChI is InChI=1S/C10H15NO2S/c1-3-8-5-6-14-9(8)7-11-10(12)13-4-2/h5-6H,3-4,7H2,1-2H3,(H,11,12). The van der Waals surface area contributed by atoms with Crippen LogP contribution in [0.5, 0.6) is 0 Å². The molecule has 0 bridgehead atoms. The molecular weight excluding hydrogens is 198 g/mol. The highest BCUT2D eigenvalue weighted by Crippen LogP contribution is 2.16. The largest absolute Gasteiger partial charge is 0.450 e. The molecule has 0 saturated heterocycles. The lowest BCUT2D eigenvalue weighted by atomic mass is 10.2. The Hall–Kier alpha value is -1.03. The van der Waals surface area contributed by atoms with Gasteiger partial charge < -0.3 is 10.1 Å². The van der Waals surface area contributed by atoms with Crippen molar-refractivity contribution < 1.29 is 9.53 Å². The molecule has 1 rings (SSSR count). The van der Waals surface area contributed by atoms with E-state index in [-0.39, 0.29) is 6.09 Å². The number of rotatable bonds is 4. The zero-order chi connectivity index (χ0) is 10.4. The first-order chi connectivity index (χ1) is 6.77. The number of amides is 1. The summed E-state index contributed by atoms with van der Waals surface area (Å²) in [6.45, 7) is 4.88. The summed E-state index contributed by atoms with van der Waals surface area (Å²) in [6.07, 6.45) is 0.659. The Morgan fingerprint density at radius 1 is 1.57 bits per heavy atom. The van der Waals surface area contributed by atoms with Gasteiger partial charge in [-0.05, 0) is 30.4 Å². The van der Waals surface area contributed by atoms with Crippen molar-refractivity contribution in [3.63, 3.8) is 0 Å². The van der Waals surface area contributed by atoms with Crippen molar-refractivity contribution in [1.82, 2.24) is 5.32 Å². The predicted octanol–water partition coefficient (Wildman–Crippen LogP) is 2.56. The lowest BCUT2D eigenvalue weighted by Gasteiger charge is -2.04. The maximum Gasteiger partial charge on any atom is 0.407 e. The van der Waals surface area contributed by atoms with Crippen molar-refractivity contribution in [1.29, 1.82) is 0 Å². The van der Waals surface area contributed by atoms with E-state index in [0.29, 0.717) is 13.2 Å². The average Bonchev–Trinajstić information content (AvgIpc) is 2.62. The normalized spacial score (nSPS) is 9.86. The second-order valence-electron chi connectivity index (χ2n) is 2.80. The van der Waals surface area contributed by atoms with Crippen molar-refractivity contribution in [2.45, 2.75) is 26.8 Å². The molecule has 0 aliphatic heterocycles. The fraction of sp³-hybridized carbons (Fsp3) is 0.500. The Morgan fingerprint density at radius 2 is 2.36 bits per heavy atom. The van der Waals surface area contributed by atoms with E-state index in [2.05, 4.69) is 18.3 Å². The van der Waals surface area contributed by atoms with Crippen LogP contribution in [0.25, 0.3) is 0 Å². The first-order valence-electron chi connectivity index (χ1n) is 4.73. The summed E-state index contributed by atoms with van der Waals surface area (Å²) in [5, 5.41) is 4.75. The molecule has 0 fully saturated rings.